The molecule has 0 unspecified atom stereocenters. The molecule has 4 nitrogen and oxygen atoms in total. The highest BCUT2D eigenvalue weighted by molar-refractivity contribution is 7.09. The molecular weight excluding hydrogens is 284 g/mol. The molecule has 21 heavy (non-hydrogen) atoms. The Morgan fingerprint density at radius 2 is 1.95 bits per heavy atom. The second-order valence-electron chi connectivity index (χ2n) is 5.41. The Morgan fingerprint density at radius 3 is 2.52 bits per heavy atom. The fraction of sp³-hybridized carbons (Fsp3) is 0.375. The van der Waals surface area contributed by atoms with Crippen LogP contribution in [0.3, 0.4) is 0 Å². The molecular formula is C16H18N2O2S. The first-order valence-corrected chi connectivity index (χ1v) is 8.02. The molecule has 0 saturated carbocycles. The van der Waals surface area contributed by atoms with Gasteiger partial charge in [-0.15, -0.1) is 11.3 Å². The Morgan fingerprint density at radius 1 is 1.29 bits per heavy atom. The zero-order valence-electron chi connectivity index (χ0n) is 12.0. The molecule has 0 aliphatic carbocycles. The van der Waals surface area contributed by atoms with Gasteiger partial charge in [-0.1, -0.05) is 12.1 Å². The van der Waals surface area contributed by atoms with E-state index in [2.05, 4.69) is 4.98 Å². The number of thiazole rings is 1. The summed E-state index contributed by atoms with van der Waals surface area (Å²) in [5.74, 6) is 0.806. The molecule has 1 fully saturated rings. The lowest BCUT2D eigenvalue weighted by molar-refractivity contribution is 0.0707. The first-order valence-electron chi connectivity index (χ1n) is 7.14. The standard InChI is InChI=1S/C16H18N2O2S/c1-11-17-15(10-21-11)16(20)18-8-6-13(7-9-18)12-2-4-14(19)5-3-12/h2-5,10,13,19H,6-9H2,1H3. The predicted octanol–water partition coefficient (Wildman–Crippen LogP) is 3.18. The van der Waals surface area contributed by atoms with E-state index in [0.29, 0.717) is 17.4 Å². The highest BCUT2D eigenvalue weighted by Crippen LogP contribution is 2.29. The quantitative estimate of drug-likeness (QED) is 0.927. The van der Waals surface area contributed by atoms with Crippen LogP contribution < -0.4 is 0 Å². The lowest BCUT2D eigenvalue weighted by Gasteiger charge is -2.31. The van der Waals surface area contributed by atoms with Crippen molar-refractivity contribution in [2.45, 2.75) is 25.7 Å². The normalized spacial score (nSPS) is 16.1. The molecule has 0 atom stereocenters. The van der Waals surface area contributed by atoms with Gasteiger partial charge in [-0.25, -0.2) is 4.98 Å². The lowest BCUT2D eigenvalue weighted by atomic mass is 9.89. The number of carbonyl (C=O) groups excluding carboxylic acids is 1. The summed E-state index contributed by atoms with van der Waals surface area (Å²) in [6, 6.07) is 7.40. The van der Waals surface area contributed by atoms with E-state index in [4.69, 9.17) is 0 Å². The maximum Gasteiger partial charge on any atom is 0.273 e. The first kappa shape index (κ1) is 14.1. The lowest BCUT2D eigenvalue weighted by Crippen LogP contribution is -2.38. The van der Waals surface area contributed by atoms with Crippen molar-refractivity contribution in [3.63, 3.8) is 0 Å². The van der Waals surface area contributed by atoms with E-state index < -0.39 is 0 Å². The smallest absolute Gasteiger partial charge is 0.273 e. The molecule has 2 heterocycles. The molecule has 0 spiro atoms. The van der Waals surface area contributed by atoms with Crippen LogP contribution in [0.15, 0.2) is 29.6 Å². The summed E-state index contributed by atoms with van der Waals surface area (Å²) in [5.41, 5.74) is 1.81. The first-order chi connectivity index (χ1) is 10.1. The Kier molecular flexibility index (Phi) is 3.92. The molecule has 1 aliphatic rings. The molecule has 1 amide bonds. The molecule has 1 aromatic carbocycles. The summed E-state index contributed by atoms with van der Waals surface area (Å²) < 4.78 is 0. The fourth-order valence-electron chi connectivity index (χ4n) is 2.79. The Labute approximate surface area is 128 Å². The third-order valence-corrected chi connectivity index (χ3v) is 4.76. The van der Waals surface area contributed by atoms with Crippen molar-refractivity contribution in [3.8, 4) is 5.75 Å². The van der Waals surface area contributed by atoms with Crippen molar-refractivity contribution < 1.29 is 9.90 Å². The SMILES string of the molecule is Cc1nc(C(=O)N2CCC(c3ccc(O)cc3)CC2)cs1. The monoisotopic (exact) mass is 302 g/mol. The van der Waals surface area contributed by atoms with E-state index in [1.54, 1.807) is 12.1 Å². The zero-order chi connectivity index (χ0) is 14.8. The van der Waals surface area contributed by atoms with E-state index in [1.807, 2.05) is 29.3 Å². The minimum Gasteiger partial charge on any atom is -0.508 e. The number of hydrogen-bond donors (Lipinski definition) is 1. The van der Waals surface area contributed by atoms with Crippen LogP contribution in [0.2, 0.25) is 0 Å². The predicted molar refractivity (Wildman–Crippen MR) is 82.8 cm³/mol. The number of likely N-dealkylation sites (tertiary alicyclic amines) is 1. The van der Waals surface area contributed by atoms with Crippen molar-refractivity contribution in [2.75, 3.05) is 13.1 Å². The van der Waals surface area contributed by atoms with Crippen LogP contribution in [0.4, 0.5) is 0 Å². The molecule has 0 radical (unpaired) electrons. The number of carbonyl (C=O) groups is 1. The van der Waals surface area contributed by atoms with E-state index in [9.17, 15) is 9.90 Å². The number of benzene rings is 1. The molecule has 2 aromatic rings. The molecule has 1 saturated heterocycles. The number of hydrogen-bond acceptors (Lipinski definition) is 4. The summed E-state index contributed by atoms with van der Waals surface area (Å²) in [4.78, 5) is 18.5. The van der Waals surface area contributed by atoms with Gasteiger partial charge in [0.05, 0.1) is 5.01 Å². The number of piperidine rings is 1. The van der Waals surface area contributed by atoms with Crippen LogP contribution in [0, 0.1) is 6.92 Å². The average Bonchev–Trinajstić information content (AvgIpc) is 2.94. The van der Waals surface area contributed by atoms with Crippen molar-refractivity contribution in [2.24, 2.45) is 0 Å². The van der Waals surface area contributed by atoms with Crippen LogP contribution in [-0.4, -0.2) is 34.0 Å². The topological polar surface area (TPSA) is 53.4 Å². The Balaban J connectivity index is 1.62. The summed E-state index contributed by atoms with van der Waals surface area (Å²) in [6.45, 7) is 3.44. The van der Waals surface area contributed by atoms with Crippen LogP contribution in [0.25, 0.3) is 0 Å². The van der Waals surface area contributed by atoms with Gasteiger partial charge in [0.1, 0.15) is 11.4 Å². The van der Waals surface area contributed by atoms with Gasteiger partial charge in [0.25, 0.3) is 5.91 Å². The number of nitrogens with zero attached hydrogens (tertiary/aromatic N) is 2. The van der Waals surface area contributed by atoms with Gasteiger partial charge in [0.2, 0.25) is 0 Å². The molecule has 1 aliphatic heterocycles. The van der Waals surface area contributed by atoms with Gasteiger partial charge in [-0.05, 0) is 43.4 Å². The minimum atomic E-state index is 0.0449. The van der Waals surface area contributed by atoms with Gasteiger partial charge in [-0.3, -0.25) is 4.79 Å². The number of amides is 1. The summed E-state index contributed by atoms with van der Waals surface area (Å²) in [7, 11) is 0. The second-order valence-corrected chi connectivity index (χ2v) is 6.47. The second kappa shape index (κ2) is 5.85. The molecule has 1 N–H and O–H groups in total. The highest BCUT2D eigenvalue weighted by atomic mass is 32.1. The van der Waals surface area contributed by atoms with Crippen LogP contribution in [-0.2, 0) is 0 Å². The largest absolute Gasteiger partial charge is 0.508 e. The number of aromatic nitrogens is 1. The van der Waals surface area contributed by atoms with Crippen LogP contribution in [0.5, 0.6) is 5.75 Å². The molecule has 3 rings (SSSR count). The molecule has 1 aromatic heterocycles. The van der Waals surface area contributed by atoms with Crippen molar-refractivity contribution in [1.82, 2.24) is 9.88 Å². The van der Waals surface area contributed by atoms with Gasteiger partial charge >= 0.3 is 0 Å². The van der Waals surface area contributed by atoms with Crippen molar-refractivity contribution >= 4 is 17.2 Å². The van der Waals surface area contributed by atoms with Crippen LogP contribution in [0.1, 0.15) is 39.8 Å². The third kappa shape index (κ3) is 3.08. The Hall–Kier alpha value is -1.88. The fourth-order valence-corrected chi connectivity index (χ4v) is 3.37. The maximum absolute atomic E-state index is 12.3. The average molecular weight is 302 g/mol. The number of aromatic hydroxyl groups is 1. The van der Waals surface area contributed by atoms with E-state index in [0.717, 1.165) is 30.9 Å². The molecule has 0 bridgehead atoms. The number of phenols is 1. The third-order valence-electron chi connectivity index (χ3n) is 3.98. The summed E-state index contributed by atoms with van der Waals surface area (Å²) >= 11 is 1.51. The zero-order valence-corrected chi connectivity index (χ0v) is 12.8. The van der Waals surface area contributed by atoms with Crippen molar-refractivity contribution in [3.05, 3.63) is 45.9 Å². The number of phenolic OH excluding ortho intramolecular Hbond substituents is 1. The van der Waals surface area contributed by atoms with Crippen LogP contribution >= 0.6 is 11.3 Å². The van der Waals surface area contributed by atoms with E-state index in [-0.39, 0.29) is 5.91 Å². The van der Waals surface area contributed by atoms with Crippen molar-refractivity contribution in [1.29, 1.82) is 0 Å². The van der Waals surface area contributed by atoms with Gasteiger partial charge in [-0.2, -0.15) is 0 Å². The molecule has 5 heteroatoms. The van der Waals surface area contributed by atoms with Gasteiger partial charge in [0, 0.05) is 18.5 Å². The number of rotatable bonds is 2. The maximum atomic E-state index is 12.3. The molecule has 110 valence electrons. The van der Waals surface area contributed by atoms with Gasteiger partial charge in [0.15, 0.2) is 0 Å². The van der Waals surface area contributed by atoms with Gasteiger partial charge < -0.3 is 10.0 Å². The summed E-state index contributed by atoms with van der Waals surface area (Å²) in [6.07, 6.45) is 1.92. The highest BCUT2D eigenvalue weighted by Gasteiger charge is 2.25. The summed E-state index contributed by atoms with van der Waals surface area (Å²) in [5, 5.41) is 12.1. The minimum absolute atomic E-state index is 0.0449. The number of aryl methyl sites for hydroxylation is 1. The Bertz CT molecular complexity index is 628. The van der Waals surface area contributed by atoms with E-state index >= 15 is 0 Å². The van der Waals surface area contributed by atoms with E-state index in [1.165, 1.54) is 16.9 Å².